The van der Waals surface area contributed by atoms with Crippen molar-refractivity contribution in [1.29, 1.82) is 0 Å². The van der Waals surface area contributed by atoms with Crippen molar-refractivity contribution in [2.45, 2.75) is 32.1 Å². The van der Waals surface area contributed by atoms with Crippen LogP contribution in [0.15, 0.2) is 18.6 Å². The van der Waals surface area contributed by atoms with Crippen molar-refractivity contribution >= 4 is 17.3 Å². The minimum Gasteiger partial charge on any atom is -0.382 e. The van der Waals surface area contributed by atoms with Crippen LogP contribution < -0.4 is 11.1 Å². The van der Waals surface area contributed by atoms with Gasteiger partial charge in [-0.2, -0.15) is 0 Å². The van der Waals surface area contributed by atoms with E-state index in [1.165, 1.54) is 32.1 Å². The summed E-state index contributed by atoms with van der Waals surface area (Å²) in [5, 5.41) is 3.41. The summed E-state index contributed by atoms with van der Waals surface area (Å²) in [5.41, 5.74) is 6.64. The number of rotatable bonds is 3. The van der Waals surface area contributed by atoms with Crippen LogP contribution >= 0.6 is 0 Å². The predicted octanol–water partition coefficient (Wildman–Crippen LogP) is 2.30. The first-order chi connectivity index (χ1) is 8.83. The molecule has 0 bridgehead atoms. The zero-order valence-electron chi connectivity index (χ0n) is 10.5. The molecule has 1 aliphatic rings. The number of nitrogens with zero attached hydrogens (tertiary/aromatic N) is 3. The second-order valence-corrected chi connectivity index (χ2v) is 5.06. The molecule has 2 aromatic heterocycles. The maximum atomic E-state index is 5.79. The maximum Gasteiger partial charge on any atom is 0.180 e. The molecule has 0 aromatic carbocycles. The SMILES string of the molecule is Nc1cn2ccnc2c(NCC2CCCCC2)n1. The fourth-order valence-electron chi connectivity index (χ4n) is 2.70. The van der Waals surface area contributed by atoms with E-state index in [-0.39, 0.29) is 0 Å². The van der Waals surface area contributed by atoms with Gasteiger partial charge >= 0.3 is 0 Å². The normalized spacial score (nSPS) is 17.1. The third kappa shape index (κ3) is 2.25. The zero-order valence-corrected chi connectivity index (χ0v) is 10.5. The highest BCUT2D eigenvalue weighted by Gasteiger charge is 2.14. The number of fused-ring (bicyclic) bond motifs is 1. The van der Waals surface area contributed by atoms with Crippen LogP contribution in [0.2, 0.25) is 0 Å². The Labute approximate surface area is 106 Å². The molecule has 0 spiro atoms. The largest absolute Gasteiger partial charge is 0.382 e. The highest BCUT2D eigenvalue weighted by molar-refractivity contribution is 5.64. The lowest BCUT2D eigenvalue weighted by atomic mass is 9.89. The second kappa shape index (κ2) is 4.84. The van der Waals surface area contributed by atoms with Gasteiger partial charge in [-0.05, 0) is 18.8 Å². The lowest BCUT2D eigenvalue weighted by molar-refractivity contribution is 0.373. The summed E-state index contributed by atoms with van der Waals surface area (Å²) in [7, 11) is 0. The third-order valence-corrected chi connectivity index (χ3v) is 3.68. The van der Waals surface area contributed by atoms with E-state index >= 15 is 0 Å². The number of nitrogens with two attached hydrogens (primary N) is 1. The van der Waals surface area contributed by atoms with Crippen molar-refractivity contribution in [2.75, 3.05) is 17.6 Å². The van der Waals surface area contributed by atoms with Gasteiger partial charge in [-0.15, -0.1) is 0 Å². The van der Waals surface area contributed by atoms with Crippen molar-refractivity contribution in [3.05, 3.63) is 18.6 Å². The van der Waals surface area contributed by atoms with Gasteiger partial charge < -0.3 is 15.5 Å². The van der Waals surface area contributed by atoms with E-state index in [2.05, 4.69) is 15.3 Å². The molecule has 2 heterocycles. The topological polar surface area (TPSA) is 68.2 Å². The first-order valence-electron chi connectivity index (χ1n) is 6.66. The van der Waals surface area contributed by atoms with Crippen LogP contribution in [-0.2, 0) is 0 Å². The first-order valence-corrected chi connectivity index (χ1v) is 6.66. The Kier molecular flexibility index (Phi) is 3.04. The highest BCUT2D eigenvalue weighted by atomic mass is 15.1. The Balaban J connectivity index is 1.75. The average molecular weight is 245 g/mol. The monoisotopic (exact) mass is 245 g/mol. The van der Waals surface area contributed by atoms with Crippen LogP contribution in [0.25, 0.3) is 5.65 Å². The summed E-state index contributed by atoms with van der Waals surface area (Å²) < 4.78 is 1.91. The van der Waals surface area contributed by atoms with Crippen LogP contribution in [0, 0.1) is 5.92 Å². The quantitative estimate of drug-likeness (QED) is 0.870. The molecule has 1 aliphatic carbocycles. The molecule has 1 fully saturated rings. The molecule has 2 aromatic rings. The Morgan fingerprint density at radius 1 is 1.33 bits per heavy atom. The average Bonchev–Trinajstić information content (AvgIpc) is 2.85. The minimum absolute atomic E-state index is 0.520. The molecule has 3 N–H and O–H groups in total. The molecule has 1 saturated carbocycles. The molecule has 0 amide bonds. The van der Waals surface area contributed by atoms with Crippen molar-refractivity contribution in [1.82, 2.24) is 14.4 Å². The maximum absolute atomic E-state index is 5.79. The molecule has 0 atom stereocenters. The van der Waals surface area contributed by atoms with Crippen LogP contribution in [-0.4, -0.2) is 20.9 Å². The van der Waals surface area contributed by atoms with Crippen molar-refractivity contribution < 1.29 is 0 Å². The number of anilines is 2. The molecular formula is C13H19N5. The first kappa shape index (κ1) is 11.3. The molecule has 5 heteroatoms. The third-order valence-electron chi connectivity index (χ3n) is 3.68. The highest BCUT2D eigenvalue weighted by Crippen LogP contribution is 2.24. The van der Waals surface area contributed by atoms with Gasteiger partial charge in [0.05, 0.1) is 6.20 Å². The van der Waals surface area contributed by atoms with Gasteiger partial charge in [0.1, 0.15) is 5.82 Å². The van der Waals surface area contributed by atoms with Gasteiger partial charge in [-0.3, -0.25) is 0 Å². The number of nitrogen functional groups attached to an aromatic ring is 1. The zero-order chi connectivity index (χ0) is 12.4. The fraction of sp³-hybridized carbons (Fsp3) is 0.538. The molecule has 96 valence electrons. The lowest BCUT2D eigenvalue weighted by Gasteiger charge is -2.22. The summed E-state index contributed by atoms with van der Waals surface area (Å²) in [6.45, 7) is 0.971. The Morgan fingerprint density at radius 2 is 2.17 bits per heavy atom. The van der Waals surface area contributed by atoms with E-state index in [1.807, 2.05) is 10.6 Å². The van der Waals surface area contributed by atoms with E-state index in [9.17, 15) is 0 Å². The van der Waals surface area contributed by atoms with Crippen molar-refractivity contribution in [3.8, 4) is 0 Å². The summed E-state index contributed by atoms with van der Waals surface area (Å²) in [4.78, 5) is 8.65. The molecule has 5 nitrogen and oxygen atoms in total. The summed E-state index contributed by atoms with van der Waals surface area (Å²) >= 11 is 0. The number of imidazole rings is 1. The van der Waals surface area contributed by atoms with Gasteiger partial charge in [0.15, 0.2) is 11.5 Å². The predicted molar refractivity (Wildman–Crippen MR) is 72.5 cm³/mol. The van der Waals surface area contributed by atoms with E-state index in [4.69, 9.17) is 5.73 Å². The van der Waals surface area contributed by atoms with Crippen LogP contribution in [0.3, 0.4) is 0 Å². The fourth-order valence-corrected chi connectivity index (χ4v) is 2.70. The minimum atomic E-state index is 0.520. The van der Waals surface area contributed by atoms with E-state index < -0.39 is 0 Å². The lowest BCUT2D eigenvalue weighted by Crippen LogP contribution is -2.18. The van der Waals surface area contributed by atoms with Gasteiger partial charge in [-0.1, -0.05) is 19.3 Å². The molecule has 0 saturated heterocycles. The number of hydrogen-bond acceptors (Lipinski definition) is 4. The van der Waals surface area contributed by atoms with Crippen LogP contribution in [0.1, 0.15) is 32.1 Å². The molecule has 3 rings (SSSR count). The summed E-state index contributed by atoms with van der Waals surface area (Å²) in [6, 6.07) is 0. The smallest absolute Gasteiger partial charge is 0.180 e. The Bertz CT molecular complexity index is 527. The number of hydrogen-bond donors (Lipinski definition) is 2. The molecule has 0 unspecified atom stereocenters. The van der Waals surface area contributed by atoms with Crippen molar-refractivity contribution in [3.63, 3.8) is 0 Å². The summed E-state index contributed by atoms with van der Waals surface area (Å²) in [5.74, 6) is 2.08. The van der Waals surface area contributed by atoms with Gasteiger partial charge in [0.2, 0.25) is 0 Å². The van der Waals surface area contributed by atoms with Crippen LogP contribution in [0.4, 0.5) is 11.6 Å². The van der Waals surface area contributed by atoms with Gasteiger partial charge in [0, 0.05) is 18.9 Å². The van der Waals surface area contributed by atoms with Crippen molar-refractivity contribution in [2.24, 2.45) is 5.92 Å². The van der Waals surface area contributed by atoms with Crippen LogP contribution in [0.5, 0.6) is 0 Å². The molecule has 18 heavy (non-hydrogen) atoms. The molecular weight excluding hydrogens is 226 g/mol. The van der Waals surface area contributed by atoms with E-state index in [1.54, 1.807) is 12.4 Å². The Morgan fingerprint density at radius 3 is 3.00 bits per heavy atom. The second-order valence-electron chi connectivity index (χ2n) is 5.06. The summed E-state index contributed by atoms with van der Waals surface area (Å²) in [6.07, 6.45) is 12.2. The number of aromatic nitrogens is 3. The van der Waals surface area contributed by atoms with E-state index in [0.29, 0.717) is 5.82 Å². The van der Waals surface area contributed by atoms with Gasteiger partial charge in [-0.25, -0.2) is 9.97 Å². The number of nitrogens with one attached hydrogen (secondary N) is 1. The van der Waals surface area contributed by atoms with Gasteiger partial charge in [0.25, 0.3) is 0 Å². The molecule has 0 aliphatic heterocycles. The Hall–Kier alpha value is -1.78. The molecule has 0 radical (unpaired) electrons. The standard InChI is InChI=1S/C13H19N5/c14-11-9-18-7-6-15-13(18)12(17-11)16-8-10-4-2-1-3-5-10/h6-7,9-10H,1-5,8,14H2,(H,16,17). The van der Waals surface area contributed by atoms with E-state index in [0.717, 1.165) is 23.9 Å².